The summed E-state index contributed by atoms with van der Waals surface area (Å²) < 4.78 is 41.8. The second kappa shape index (κ2) is 7.81. The molecule has 0 bridgehead atoms. The fourth-order valence-corrected chi connectivity index (χ4v) is 4.79. The summed E-state index contributed by atoms with van der Waals surface area (Å²) in [6, 6.07) is 9.25. The van der Waals surface area contributed by atoms with Gasteiger partial charge in [-0.3, -0.25) is 9.59 Å². The molecular formula is C23H22F3N3O3. The summed E-state index contributed by atoms with van der Waals surface area (Å²) in [5.74, 6) is -0.679. The predicted octanol–water partition coefficient (Wildman–Crippen LogP) is 3.50. The van der Waals surface area contributed by atoms with Crippen molar-refractivity contribution in [1.82, 2.24) is 10.2 Å². The molecule has 3 aliphatic heterocycles. The summed E-state index contributed by atoms with van der Waals surface area (Å²) in [4.78, 5) is 29.4. The number of piperidine rings is 1. The van der Waals surface area contributed by atoms with Gasteiger partial charge in [-0.2, -0.15) is 0 Å². The highest BCUT2D eigenvalue weighted by molar-refractivity contribution is 6.08. The number of hydrogen-bond acceptors (Lipinski definition) is 4. The number of benzene rings is 2. The van der Waals surface area contributed by atoms with Gasteiger partial charge >= 0.3 is 6.36 Å². The van der Waals surface area contributed by atoms with Crippen molar-refractivity contribution in [3.63, 3.8) is 0 Å². The minimum Gasteiger partial charge on any atom is -0.406 e. The Bertz CT molecular complexity index is 1080. The van der Waals surface area contributed by atoms with Gasteiger partial charge in [0.25, 0.3) is 11.8 Å². The van der Waals surface area contributed by atoms with Crippen LogP contribution < -0.4 is 15.0 Å². The largest absolute Gasteiger partial charge is 0.573 e. The van der Waals surface area contributed by atoms with Gasteiger partial charge in [0.05, 0.1) is 5.69 Å². The summed E-state index contributed by atoms with van der Waals surface area (Å²) in [7, 11) is 0. The van der Waals surface area contributed by atoms with Crippen LogP contribution in [0.25, 0.3) is 0 Å². The highest BCUT2D eigenvalue weighted by atomic mass is 19.4. The number of hydrogen-bond donors (Lipinski definition) is 1. The molecule has 6 nitrogen and oxygen atoms in total. The smallest absolute Gasteiger partial charge is 0.406 e. The summed E-state index contributed by atoms with van der Waals surface area (Å²) in [6.07, 6.45) is -2.28. The third-order valence-corrected chi connectivity index (χ3v) is 6.33. The molecule has 0 saturated carbocycles. The number of nitrogens with zero attached hydrogens (tertiary/aromatic N) is 2. The van der Waals surface area contributed by atoms with Gasteiger partial charge in [-0.15, -0.1) is 13.2 Å². The zero-order chi connectivity index (χ0) is 22.5. The Morgan fingerprint density at radius 2 is 1.97 bits per heavy atom. The molecule has 0 aliphatic carbocycles. The van der Waals surface area contributed by atoms with Crippen molar-refractivity contribution in [1.29, 1.82) is 0 Å². The van der Waals surface area contributed by atoms with Crippen LogP contribution in [0.5, 0.6) is 5.75 Å². The molecule has 168 valence electrons. The zero-order valence-electron chi connectivity index (χ0n) is 17.2. The number of carbonyl (C=O) groups is 2. The molecule has 2 aromatic carbocycles. The maximum Gasteiger partial charge on any atom is 0.573 e. The number of ether oxygens (including phenoxy) is 1. The first-order valence-corrected chi connectivity index (χ1v) is 10.7. The van der Waals surface area contributed by atoms with Crippen molar-refractivity contribution < 1.29 is 27.5 Å². The number of amides is 2. The lowest BCUT2D eigenvalue weighted by atomic mass is 10.1. The van der Waals surface area contributed by atoms with Gasteiger partial charge < -0.3 is 19.9 Å². The van der Waals surface area contributed by atoms with Crippen LogP contribution in [0.4, 0.5) is 18.9 Å². The van der Waals surface area contributed by atoms with Crippen molar-refractivity contribution in [3.05, 3.63) is 58.7 Å². The average Bonchev–Trinajstić information content (AvgIpc) is 3.33. The molecule has 1 saturated heterocycles. The molecule has 0 radical (unpaired) electrons. The lowest BCUT2D eigenvalue weighted by Gasteiger charge is -2.31. The lowest BCUT2D eigenvalue weighted by Crippen LogP contribution is -2.46. The number of nitrogens with one attached hydrogen (secondary N) is 1. The molecule has 0 aromatic heterocycles. The van der Waals surface area contributed by atoms with Gasteiger partial charge in [0, 0.05) is 42.9 Å². The van der Waals surface area contributed by atoms with E-state index in [4.69, 9.17) is 0 Å². The van der Waals surface area contributed by atoms with E-state index >= 15 is 0 Å². The fourth-order valence-electron chi connectivity index (χ4n) is 4.79. The lowest BCUT2D eigenvalue weighted by molar-refractivity contribution is -0.274. The van der Waals surface area contributed by atoms with Crippen molar-refractivity contribution in [3.8, 4) is 5.75 Å². The normalized spacial score (nSPS) is 20.3. The Kier molecular flexibility index (Phi) is 5.08. The maximum atomic E-state index is 13.2. The molecule has 32 heavy (non-hydrogen) atoms. The van der Waals surface area contributed by atoms with E-state index < -0.39 is 6.36 Å². The molecule has 1 atom stereocenters. The molecule has 3 aliphatic rings. The van der Waals surface area contributed by atoms with E-state index in [1.54, 1.807) is 24.3 Å². The Morgan fingerprint density at radius 1 is 1.12 bits per heavy atom. The average molecular weight is 445 g/mol. The van der Waals surface area contributed by atoms with Gasteiger partial charge in [0.2, 0.25) is 0 Å². The molecule has 1 fully saturated rings. The molecule has 2 aromatic rings. The Balaban J connectivity index is 1.37. The fraction of sp³-hybridized carbons (Fsp3) is 0.391. The number of carbonyl (C=O) groups excluding carboxylic acids is 2. The van der Waals surface area contributed by atoms with Crippen molar-refractivity contribution in [2.45, 2.75) is 38.2 Å². The van der Waals surface area contributed by atoms with Gasteiger partial charge in [-0.1, -0.05) is 6.07 Å². The summed E-state index contributed by atoms with van der Waals surface area (Å²) in [5.41, 5.74) is 3.04. The zero-order valence-corrected chi connectivity index (χ0v) is 17.2. The Morgan fingerprint density at radius 3 is 2.72 bits per heavy atom. The van der Waals surface area contributed by atoms with E-state index in [9.17, 15) is 22.8 Å². The number of anilines is 1. The SMILES string of the molecule is O=C(c1ccc2c(c1)CN(C1CCCNC1)C2=O)N1CCc2ccc(OC(F)(F)F)cc21. The van der Waals surface area contributed by atoms with E-state index in [0.717, 1.165) is 37.1 Å². The third-order valence-electron chi connectivity index (χ3n) is 6.33. The van der Waals surface area contributed by atoms with Crippen LogP contribution in [-0.4, -0.2) is 48.8 Å². The van der Waals surface area contributed by atoms with E-state index in [1.165, 1.54) is 17.0 Å². The van der Waals surface area contributed by atoms with Crippen LogP contribution in [0.3, 0.4) is 0 Å². The first-order chi connectivity index (χ1) is 15.3. The molecular weight excluding hydrogens is 423 g/mol. The number of alkyl halides is 3. The van der Waals surface area contributed by atoms with Crippen molar-refractivity contribution >= 4 is 17.5 Å². The second-order valence-corrected chi connectivity index (χ2v) is 8.35. The van der Waals surface area contributed by atoms with Crippen LogP contribution in [0.2, 0.25) is 0 Å². The monoisotopic (exact) mass is 445 g/mol. The molecule has 1 N–H and O–H groups in total. The minimum absolute atomic E-state index is 0.0202. The molecule has 2 amide bonds. The van der Waals surface area contributed by atoms with Gasteiger partial charge in [-0.05, 0) is 61.2 Å². The summed E-state index contributed by atoms with van der Waals surface area (Å²) in [5, 5.41) is 3.32. The topological polar surface area (TPSA) is 61.9 Å². The number of halogens is 3. The maximum absolute atomic E-state index is 13.2. The first kappa shape index (κ1) is 20.8. The molecule has 9 heteroatoms. The van der Waals surface area contributed by atoms with Crippen LogP contribution >= 0.6 is 0 Å². The van der Waals surface area contributed by atoms with E-state index in [2.05, 4.69) is 10.1 Å². The van der Waals surface area contributed by atoms with Gasteiger partial charge in [-0.25, -0.2) is 0 Å². The number of rotatable bonds is 3. The summed E-state index contributed by atoms with van der Waals surface area (Å²) in [6.45, 7) is 2.55. The standard InChI is InChI=1S/C23H22F3N3O3/c24-23(25,26)32-18-5-3-14-7-9-28(20(14)11-18)21(30)15-4-6-19-16(10-15)13-29(22(19)31)17-2-1-8-27-12-17/h3-6,10-11,17,27H,1-2,7-9,12-13H2. The van der Waals surface area contributed by atoms with E-state index in [-0.39, 0.29) is 23.6 Å². The van der Waals surface area contributed by atoms with E-state index in [1.807, 2.05) is 4.90 Å². The van der Waals surface area contributed by atoms with Crippen molar-refractivity contribution in [2.75, 3.05) is 24.5 Å². The minimum atomic E-state index is -4.80. The van der Waals surface area contributed by atoms with Gasteiger partial charge in [0.1, 0.15) is 5.75 Å². The Hall–Kier alpha value is -3.07. The molecule has 3 heterocycles. The first-order valence-electron chi connectivity index (χ1n) is 10.7. The third kappa shape index (κ3) is 3.81. The Labute approximate surface area is 182 Å². The van der Waals surface area contributed by atoms with Crippen molar-refractivity contribution in [2.24, 2.45) is 0 Å². The highest BCUT2D eigenvalue weighted by Crippen LogP contribution is 2.35. The van der Waals surface area contributed by atoms with Crippen LogP contribution in [0, 0.1) is 0 Å². The number of fused-ring (bicyclic) bond motifs is 2. The van der Waals surface area contributed by atoms with Crippen LogP contribution in [0.15, 0.2) is 36.4 Å². The quantitative estimate of drug-likeness (QED) is 0.786. The van der Waals surface area contributed by atoms with Crippen LogP contribution in [0.1, 0.15) is 44.7 Å². The molecule has 1 unspecified atom stereocenters. The second-order valence-electron chi connectivity index (χ2n) is 8.35. The summed E-state index contributed by atoms with van der Waals surface area (Å²) >= 11 is 0. The molecule has 0 spiro atoms. The van der Waals surface area contributed by atoms with Crippen LogP contribution in [-0.2, 0) is 13.0 Å². The van der Waals surface area contributed by atoms with E-state index in [0.29, 0.717) is 36.3 Å². The molecule has 5 rings (SSSR count). The van der Waals surface area contributed by atoms with Gasteiger partial charge in [0.15, 0.2) is 0 Å². The highest BCUT2D eigenvalue weighted by Gasteiger charge is 2.35. The predicted molar refractivity (Wildman–Crippen MR) is 111 cm³/mol.